The van der Waals surface area contributed by atoms with Gasteiger partial charge in [-0.1, -0.05) is 37.6 Å². The van der Waals surface area contributed by atoms with Crippen LogP contribution < -0.4 is 0 Å². The van der Waals surface area contributed by atoms with E-state index in [4.69, 9.17) is 16.9 Å². The molecule has 1 unspecified atom stereocenters. The normalized spacial score (nSPS) is 12.4. The van der Waals surface area contributed by atoms with Crippen molar-refractivity contribution in [3.05, 3.63) is 41.3 Å². The summed E-state index contributed by atoms with van der Waals surface area (Å²) in [6.45, 7) is 4.02. The molecule has 92 valence electrons. The SMILES string of the molecule is CC(C)C(C#N)c1ncc(-c2ccc(Cl)cc2)[nH]1. The first-order chi connectivity index (χ1) is 8.61. The van der Waals surface area contributed by atoms with Crippen LogP contribution in [0.2, 0.25) is 5.02 Å². The molecule has 0 saturated carbocycles. The van der Waals surface area contributed by atoms with E-state index in [1.54, 1.807) is 6.20 Å². The van der Waals surface area contributed by atoms with Crippen LogP contribution in [0.1, 0.15) is 25.6 Å². The average Bonchev–Trinajstić information content (AvgIpc) is 2.80. The first kappa shape index (κ1) is 12.7. The van der Waals surface area contributed by atoms with Crippen LogP contribution in [-0.2, 0) is 0 Å². The molecule has 0 bridgehead atoms. The number of nitrogens with one attached hydrogen (secondary N) is 1. The minimum atomic E-state index is -0.203. The Morgan fingerprint density at radius 1 is 1.28 bits per heavy atom. The number of rotatable bonds is 3. The van der Waals surface area contributed by atoms with Gasteiger partial charge in [-0.05, 0) is 23.6 Å². The zero-order chi connectivity index (χ0) is 13.1. The lowest BCUT2D eigenvalue weighted by Crippen LogP contribution is -2.05. The molecule has 1 aromatic carbocycles. The van der Waals surface area contributed by atoms with Crippen LogP contribution in [-0.4, -0.2) is 9.97 Å². The molecule has 0 spiro atoms. The molecule has 4 heteroatoms. The lowest BCUT2D eigenvalue weighted by atomic mass is 9.97. The predicted octanol–water partition coefficient (Wildman–Crippen LogP) is 3.99. The molecule has 1 N–H and O–H groups in total. The second-order valence-corrected chi connectivity index (χ2v) is 4.98. The number of nitriles is 1. The van der Waals surface area contributed by atoms with Gasteiger partial charge in [-0.3, -0.25) is 0 Å². The van der Waals surface area contributed by atoms with Gasteiger partial charge in [0.05, 0.1) is 18.0 Å². The molecule has 0 radical (unpaired) electrons. The molecule has 1 aromatic heterocycles. The first-order valence-corrected chi connectivity index (χ1v) is 6.20. The van der Waals surface area contributed by atoms with E-state index in [0.29, 0.717) is 5.02 Å². The highest BCUT2D eigenvalue weighted by Gasteiger charge is 2.18. The van der Waals surface area contributed by atoms with Crippen molar-refractivity contribution in [3.63, 3.8) is 0 Å². The van der Waals surface area contributed by atoms with Crippen molar-refractivity contribution < 1.29 is 0 Å². The van der Waals surface area contributed by atoms with Crippen molar-refractivity contribution in [2.45, 2.75) is 19.8 Å². The van der Waals surface area contributed by atoms with E-state index in [-0.39, 0.29) is 11.8 Å². The number of benzene rings is 1. The van der Waals surface area contributed by atoms with Crippen LogP contribution in [0.5, 0.6) is 0 Å². The molecule has 0 aliphatic carbocycles. The number of hydrogen-bond donors (Lipinski definition) is 1. The maximum Gasteiger partial charge on any atom is 0.124 e. The first-order valence-electron chi connectivity index (χ1n) is 5.82. The fraction of sp³-hybridized carbons (Fsp3) is 0.286. The van der Waals surface area contributed by atoms with Gasteiger partial charge in [-0.25, -0.2) is 4.98 Å². The van der Waals surface area contributed by atoms with Crippen LogP contribution in [0.25, 0.3) is 11.3 Å². The average molecular weight is 260 g/mol. The van der Waals surface area contributed by atoms with Crippen LogP contribution >= 0.6 is 11.6 Å². The molecule has 1 atom stereocenters. The lowest BCUT2D eigenvalue weighted by Gasteiger charge is -2.09. The zero-order valence-electron chi connectivity index (χ0n) is 10.3. The van der Waals surface area contributed by atoms with Crippen molar-refractivity contribution >= 4 is 11.6 Å². The molecule has 2 aromatic rings. The molecule has 0 aliphatic rings. The Hall–Kier alpha value is -1.79. The molecule has 2 rings (SSSR count). The fourth-order valence-corrected chi connectivity index (χ4v) is 1.92. The Morgan fingerprint density at radius 3 is 2.50 bits per heavy atom. The maximum atomic E-state index is 9.14. The summed E-state index contributed by atoms with van der Waals surface area (Å²) in [6.07, 6.45) is 1.76. The molecule has 0 amide bonds. The van der Waals surface area contributed by atoms with Crippen molar-refractivity contribution in [2.24, 2.45) is 5.92 Å². The lowest BCUT2D eigenvalue weighted by molar-refractivity contribution is 0.566. The third kappa shape index (κ3) is 2.55. The smallest absolute Gasteiger partial charge is 0.124 e. The van der Waals surface area contributed by atoms with Crippen LogP contribution in [0.4, 0.5) is 0 Å². The number of halogens is 1. The van der Waals surface area contributed by atoms with Crippen molar-refractivity contribution in [1.82, 2.24) is 9.97 Å². The van der Waals surface area contributed by atoms with E-state index < -0.39 is 0 Å². The highest BCUT2D eigenvalue weighted by Crippen LogP contribution is 2.25. The Balaban J connectivity index is 2.31. The highest BCUT2D eigenvalue weighted by molar-refractivity contribution is 6.30. The summed E-state index contributed by atoms with van der Waals surface area (Å²) in [5, 5.41) is 9.84. The van der Waals surface area contributed by atoms with Gasteiger partial charge in [-0.2, -0.15) is 5.26 Å². The minimum Gasteiger partial charge on any atom is -0.341 e. The number of aromatic amines is 1. The summed E-state index contributed by atoms with van der Waals surface area (Å²) in [7, 11) is 0. The summed E-state index contributed by atoms with van der Waals surface area (Å²) < 4.78 is 0. The second-order valence-electron chi connectivity index (χ2n) is 4.54. The van der Waals surface area contributed by atoms with Gasteiger partial charge < -0.3 is 4.98 Å². The minimum absolute atomic E-state index is 0.203. The number of H-pyrrole nitrogens is 1. The Bertz CT molecular complexity index is 563. The summed E-state index contributed by atoms with van der Waals surface area (Å²) in [6, 6.07) is 9.80. The zero-order valence-corrected chi connectivity index (χ0v) is 11.1. The van der Waals surface area contributed by atoms with Gasteiger partial charge in [0.25, 0.3) is 0 Å². The summed E-state index contributed by atoms with van der Waals surface area (Å²) >= 11 is 5.85. The molecule has 0 fully saturated rings. The fourth-order valence-electron chi connectivity index (χ4n) is 1.80. The Kier molecular flexibility index (Phi) is 3.69. The summed E-state index contributed by atoms with van der Waals surface area (Å²) in [5.41, 5.74) is 1.92. The topological polar surface area (TPSA) is 52.5 Å². The highest BCUT2D eigenvalue weighted by atomic mass is 35.5. The van der Waals surface area contributed by atoms with E-state index >= 15 is 0 Å². The molecular weight excluding hydrogens is 246 g/mol. The van der Waals surface area contributed by atoms with Gasteiger partial charge in [0.1, 0.15) is 11.7 Å². The largest absolute Gasteiger partial charge is 0.341 e. The van der Waals surface area contributed by atoms with Crippen molar-refractivity contribution in [2.75, 3.05) is 0 Å². The standard InChI is InChI=1S/C14H14ClN3/c1-9(2)12(7-16)14-17-8-13(18-14)10-3-5-11(15)6-4-10/h3-6,8-9,12H,1-2H3,(H,17,18). The number of aromatic nitrogens is 2. The van der Waals surface area contributed by atoms with E-state index in [1.165, 1.54) is 0 Å². The maximum absolute atomic E-state index is 9.14. The van der Waals surface area contributed by atoms with Gasteiger partial charge in [-0.15, -0.1) is 0 Å². The van der Waals surface area contributed by atoms with Gasteiger partial charge >= 0.3 is 0 Å². The van der Waals surface area contributed by atoms with Gasteiger partial charge in [0, 0.05) is 5.02 Å². The van der Waals surface area contributed by atoms with Crippen LogP contribution in [0.3, 0.4) is 0 Å². The number of nitrogens with zero attached hydrogens (tertiary/aromatic N) is 2. The molecule has 18 heavy (non-hydrogen) atoms. The van der Waals surface area contributed by atoms with Gasteiger partial charge in [0.15, 0.2) is 0 Å². The van der Waals surface area contributed by atoms with Crippen molar-refractivity contribution in [3.8, 4) is 17.3 Å². The van der Waals surface area contributed by atoms with E-state index in [2.05, 4.69) is 16.0 Å². The van der Waals surface area contributed by atoms with E-state index in [0.717, 1.165) is 17.1 Å². The third-order valence-corrected chi connectivity index (χ3v) is 3.10. The Morgan fingerprint density at radius 2 is 1.94 bits per heavy atom. The van der Waals surface area contributed by atoms with Crippen LogP contribution in [0, 0.1) is 17.2 Å². The monoisotopic (exact) mass is 259 g/mol. The molecule has 1 heterocycles. The molecule has 0 aliphatic heterocycles. The number of hydrogen-bond acceptors (Lipinski definition) is 2. The molecule has 3 nitrogen and oxygen atoms in total. The quantitative estimate of drug-likeness (QED) is 0.906. The van der Waals surface area contributed by atoms with Crippen molar-refractivity contribution in [1.29, 1.82) is 5.26 Å². The Labute approximate surface area is 111 Å². The molecular formula is C14H14ClN3. The summed E-state index contributed by atoms with van der Waals surface area (Å²) in [4.78, 5) is 7.50. The van der Waals surface area contributed by atoms with Gasteiger partial charge in [0.2, 0.25) is 0 Å². The summed E-state index contributed by atoms with van der Waals surface area (Å²) in [5.74, 6) is 0.753. The third-order valence-electron chi connectivity index (χ3n) is 2.85. The number of imidazole rings is 1. The van der Waals surface area contributed by atoms with Crippen LogP contribution in [0.15, 0.2) is 30.5 Å². The van der Waals surface area contributed by atoms with E-state index in [1.807, 2.05) is 38.1 Å². The predicted molar refractivity (Wildman–Crippen MR) is 72.2 cm³/mol. The second kappa shape index (κ2) is 5.24. The molecule has 0 saturated heterocycles. The van der Waals surface area contributed by atoms with E-state index in [9.17, 15) is 0 Å².